The van der Waals surface area contributed by atoms with Crippen LogP contribution in [0.25, 0.3) is 0 Å². The minimum absolute atomic E-state index is 0.383. The number of rotatable bonds is 2. The van der Waals surface area contributed by atoms with Crippen LogP contribution >= 0.6 is 0 Å². The van der Waals surface area contributed by atoms with E-state index in [0.29, 0.717) is 17.1 Å². The number of amides is 1. The van der Waals surface area contributed by atoms with Gasteiger partial charge in [-0.05, 0) is 43.9 Å². The molecule has 1 saturated heterocycles. The lowest BCUT2D eigenvalue weighted by molar-refractivity contribution is -0.0371. The number of hydrogen-bond acceptors (Lipinski definition) is 5. The van der Waals surface area contributed by atoms with Gasteiger partial charge in [-0.15, -0.1) is 0 Å². The molecule has 1 aromatic heterocycles. The highest BCUT2D eigenvalue weighted by atomic mass is 16.5. The van der Waals surface area contributed by atoms with E-state index in [9.17, 15) is 4.79 Å². The van der Waals surface area contributed by atoms with E-state index in [1.165, 1.54) is 19.3 Å². The summed E-state index contributed by atoms with van der Waals surface area (Å²) in [7, 11) is 0. The summed E-state index contributed by atoms with van der Waals surface area (Å²) in [5.41, 5.74) is 4.66. The second kappa shape index (κ2) is 4.76. The summed E-state index contributed by atoms with van der Waals surface area (Å²) in [6, 6.07) is 2.49. The van der Waals surface area contributed by atoms with E-state index < -0.39 is 5.91 Å². The van der Waals surface area contributed by atoms with Crippen molar-refractivity contribution in [2.24, 2.45) is 0 Å². The Labute approximate surface area is 123 Å². The molecule has 1 aliphatic carbocycles. The van der Waals surface area contributed by atoms with Gasteiger partial charge in [0.25, 0.3) is 5.91 Å². The Morgan fingerprint density at radius 1 is 1.52 bits per heavy atom. The van der Waals surface area contributed by atoms with E-state index in [0.717, 1.165) is 37.3 Å². The molecule has 0 bridgehead atoms. The lowest BCUT2D eigenvalue weighted by Crippen LogP contribution is -2.74. The van der Waals surface area contributed by atoms with Gasteiger partial charge in [0.1, 0.15) is 0 Å². The van der Waals surface area contributed by atoms with E-state index in [2.05, 4.69) is 15.2 Å². The van der Waals surface area contributed by atoms with Crippen molar-refractivity contribution < 1.29 is 10.0 Å². The van der Waals surface area contributed by atoms with Crippen LogP contribution in [0.15, 0.2) is 12.3 Å². The molecule has 2 unspecified atom stereocenters. The Morgan fingerprint density at radius 3 is 3.00 bits per heavy atom. The molecule has 0 radical (unpaired) electrons. The van der Waals surface area contributed by atoms with E-state index in [-0.39, 0.29) is 0 Å². The maximum Gasteiger partial charge on any atom is 0.276 e. The molecule has 1 aromatic rings. The molecule has 2 fully saturated rings. The Bertz CT molecular complexity index is 580. The van der Waals surface area contributed by atoms with Crippen LogP contribution in [0.1, 0.15) is 40.9 Å². The highest BCUT2D eigenvalue weighted by Crippen LogP contribution is 2.44. The van der Waals surface area contributed by atoms with Gasteiger partial charge in [-0.2, -0.15) is 0 Å². The maximum atomic E-state index is 11.4. The van der Waals surface area contributed by atoms with E-state index in [4.69, 9.17) is 5.21 Å². The smallest absolute Gasteiger partial charge is 0.276 e. The summed E-state index contributed by atoms with van der Waals surface area (Å²) in [4.78, 5) is 18.4. The van der Waals surface area contributed by atoms with Crippen molar-refractivity contribution in [2.45, 2.75) is 43.8 Å². The van der Waals surface area contributed by atoms with Crippen molar-refractivity contribution in [3.05, 3.63) is 29.1 Å². The molecule has 2 aliphatic heterocycles. The third-order valence-corrected chi connectivity index (χ3v) is 5.44. The van der Waals surface area contributed by atoms with Gasteiger partial charge in [0, 0.05) is 30.9 Å². The molecule has 112 valence electrons. The van der Waals surface area contributed by atoms with Crippen molar-refractivity contribution in [3.63, 3.8) is 0 Å². The third-order valence-electron chi connectivity index (χ3n) is 5.44. The van der Waals surface area contributed by atoms with Gasteiger partial charge in [-0.3, -0.25) is 19.9 Å². The number of hydroxylamine groups is 1. The van der Waals surface area contributed by atoms with Crippen LogP contribution in [0, 0.1) is 0 Å². The highest BCUT2D eigenvalue weighted by molar-refractivity contribution is 5.93. The zero-order valence-electron chi connectivity index (χ0n) is 11.9. The molecule has 6 nitrogen and oxygen atoms in total. The Hall–Kier alpha value is -1.50. The average Bonchev–Trinajstić information content (AvgIpc) is 2.43. The Morgan fingerprint density at radius 2 is 2.38 bits per heavy atom. The van der Waals surface area contributed by atoms with Gasteiger partial charge in [0.15, 0.2) is 0 Å². The molecule has 6 heteroatoms. The van der Waals surface area contributed by atoms with Crippen LogP contribution in [0.5, 0.6) is 0 Å². The number of hydrogen-bond donors (Lipinski definition) is 3. The molecule has 3 heterocycles. The van der Waals surface area contributed by atoms with E-state index in [1.807, 2.05) is 6.07 Å². The molecule has 2 atom stereocenters. The molecular formula is C15H20N4O2. The first-order valence-corrected chi connectivity index (χ1v) is 7.63. The number of nitrogens with one attached hydrogen (secondary N) is 2. The second-order valence-electron chi connectivity index (χ2n) is 6.38. The SMILES string of the molecule is O=C(NO)c1cnc2c(c1)CCN(C1CCC13CCN3)C2. The molecule has 1 spiro atoms. The minimum atomic E-state index is -0.496. The summed E-state index contributed by atoms with van der Waals surface area (Å²) in [5.74, 6) is -0.496. The number of nitrogens with zero attached hydrogens (tertiary/aromatic N) is 2. The van der Waals surface area contributed by atoms with Gasteiger partial charge >= 0.3 is 0 Å². The normalized spacial score (nSPS) is 31.2. The molecule has 3 aliphatic rings. The molecule has 0 aromatic carbocycles. The van der Waals surface area contributed by atoms with Crippen LogP contribution in [0.2, 0.25) is 0 Å². The van der Waals surface area contributed by atoms with E-state index >= 15 is 0 Å². The Balaban J connectivity index is 1.52. The number of carbonyl (C=O) groups excluding carboxylic acids is 1. The van der Waals surface area contributed by atoms with Crippen molar-refractivity contribution in [3.8, 4) is 0 Å². The summed E-state index contributed by atoms with van der Waals surface area (Å²) in [5, 5.41) is 12.3. The largest absolute Gasteiger partial charge is 0.310 e. The van der Waals surface area contributed by atoms with Crippen molar-refractivity contribution in [2.75, 3.05) is 13.1 Å². The molecule has 3 N–H and O–H groups in total. The van der Waals surface area contributed by atoms with Crippen LogP contribution in [-0.4, -0.2) is 45.7 Å². The standard InChI is InChI=1S/C15H20N4O2/c20-14(18-21)11-7-10-2-6-19(9-12(10)16-8-11)13-1-3-15(13)4-5-17-15/h7-8,13,17,21H,1-6,9H2,(H,18,20). The molecule has 1 saturated carbocycles. The molecule has 21 heavy (non-hydrogen) atoms. The zero-order valence-corrected chi connectivity index (χ0v) is 11.9. The monoisotopic (exact) mass is 288 g/mol. The molecule has 1 amide bonds. The van der Waals surface area contributed by atoms with Crippen molar-refractivity contribution in [1.29, 1.82) is 0 Å². The van der Waals surface area contributed by atoms with Crippen LogP contribution in [-0.2, 0) is 13.0 Å². The molecular weight excluding hydrogens is 268 g/mol. The fourth-order valence-electron chi connectivity index (χ4n) is 3.99. The minimum Gasteiger partial charge on any atom is -0.310 e. The molecule has 4 rings (SSSR count). The topological polar surface area (TPSA) is 77.5 Å². The van der Waals surface area contributed by atoms with Gasteiger partial charge in [0.2, 0.25) is 0 Å². The van der Waals surface area contributed by atoms with Crippen LogP contribution in [0.4, 0.5) is 0 Å². The summed E-state index contributed by atoms with van der Waals surface area (Å²) < 4.78 is 0. The maximum absolute atomic E-state index is 11.4. The predicted molar refractivity (Wildman–Crippen MR) is 76.0 cm³/mol. The average molecular weight is 288 g/mol. The van der Waals surface area contributed by atoms with Gasteiger partial charge in [-0.1, -0.05) is 0 Å². The van der Waals surface area contributed by atoms with Gasteiger partial charge in [-0.25, -0.2) is 5.48 Å². The summed E-state index contributed by atoms with van der Waals surface area (Å²) in [6.45, 7) is 3.04. The first-order chi connectivity index (χ1) is 10.2. The van der Waals surface area contributed by atoms with E-state index in [1.54, 1.807) is 11.7 Å². The van der Waals surface area contributed by atoms with Gasteiger partial charge in [0.05, 0.1) is 11.3 Å². The lowest BCUT2D eigenvalue weighted by atomic mass is 9.64. The second-order valence-corrected chi connectivity index (χ2v) is 6.38. The number of carbonyl (C=O) groups is 1. The first kappa shape index (κ1) is 13.2. The quantitative estimate of drug-likeness (QED) is 0.544. The third kappa shape index (κ3) is 1.97. The number of aromatic nitrogens is 1. The van der Waals surface area contributed by atoms with Gasteiger partial charge < -0.3 is 5.32 Å². The van der Waals surface area contributed by atoms with Crippen molar-refractivity contribution in [1.82, 2.24) is 20.7 Å². The first-order valence-electron chi connectivity index (χ1n) is 7.63. The summed E-state index contributed by atoms with van der Waals surface area (Å²) >= 11 is 0. The van der Waals surface area contributed by atoms with Crippen LogP contribution in [0.3, 0.4) is 0 Å². The summed E-state index contributed by atoms with van der Waals surface area (Å²) in [6.07, 6.45) is 6.33. The number of pyridine rings is 1. The fraction of sp³-hybridized carbons (Fsp3) is 0.600. The fourth-order valence-corrected chi connectivity index (χ4v) is 3.99. The lowest BCUT2D eigenvalue weighted by Gasteiger charge is -2.60. The predicted octanol–water partition coefficient (Wildman–Crippen LogP) is 0.453. The Kier molecular flexibility index (Phi) is 2.99. The zero-order chi connectivity index (χ0) is 14.4. The van der Waals surface area contributed by atoms with Crippen LogP contribution < -0.4 is 10.8 Å². The highest BCUT2D eigenvalue weighted by Gasteiger charge is 2.53. The number of fused-ring (bicyclic) bond motifs is 1. The van der Waals surface area contributed by atoms with Crippen molar-refractivity contribution >= 4 is 5.91 Å².